The molecule has 0 spiro atoms. The molecule has 0 bridgehead atoms. The van der Waals surface area contributed by atoms with E-state index in [0.29, 0.717) is 12.3 Å². The molecule has 0 saturated heterocycles. The first-order valence-corrected chi connectivity index (χ1v) is 8.10. The average molecular weight is 311 g/mol. The van der Waals surface area contributed by atoms with Crippen molar-refractivity contribution in [3.63, 3.8) is 0 Å². The van der Waals surface area contributed by atoms with Crippen LogP contribution in [0.15, 0.2) is 22.5 Å². The highest BCUT2D eigenvalue weighted by Gasteiger charge is 2.07. The van der Waals surface area contributed by atoms with Crippen LogP contribution in [0.25, 0.3) is 0 Å². The van der Waals surface area contributed by atoms with Crippen LogP contribution in [-0.2, 0) is 9.53 Å². The predicted molar refractivity (Wildman–Crippen MR) is 88.0 cm³/mol. The summed E-state index contributed by atoms with van der Waals surface area (Å²) in [5.74, 6) is 1.11. The summed E-state index contributed by atoms with van der Waals surface area (Å²) in [4.78, 5) is 16.5. The fraction of sp³-hybridized carbons (Fsp3) is 0.600. The van der Waals surface area contributed by atoms with Gasteiger partial charge in [-0.3, -0.25) is 9.79 Å². The van der Waals surface area contributed by atoms with Gasteiger partial charge in [0.15, 0.2) is 5.96 Å². The summed E-state index contributed by atoms with van der Waals surface area (Å²) in [5.41, 5.74) is 0. The number of guanidine groups is 1. The lowest BCUT2D eigenvalue weighted by Gasteiger charge is -2.15. The van der Waals surface area contributed by atoms with E-state index in [1.165, 1.54) is 12.0 Å². The molecule has 1 rings (SSSR count). The van der Waals surface area contributed by atoms with Crippen molar-refractivity contribution in [2.24, 2.45) is 4.99 Å². The molecule has 6 heteroatoms. The Hall–Kier alpha value is -1.56. The van der Waals surface area contributed by atoms with Gasteiger partial charge in [0.2, 0.25) is 0 Å². The predicted octanol–water partition coefficient (Wildman–Crippen LogP) is 2.36. The monoisotopic (exact) mass is 311 g/mol. The van der Waals surface area contributed by atoms with E-state index in [0.717, 1.165) is 31.9 Å². The summed E-state index contributed by atoms with van der Waals surface area (Å²) >= 11 is 1.78. The van der Waals surface area contributed by atoms with Crippen LogP contribution in [0.4, 0.5) is 0 Å². The molecule has 0 fully saturated rings. The molecule has 1 aromatic heterocycles. The number of esters is 1. The van der Waals surface area contributed by atoms with Crippen molar-refractivity contribution in [1.29, 1.82) is 0 Å². The maximum atomic E-state index is 11.0. The van der Waals surface area contributed by atoms with E-state index >= 15 is 0 Å². The van der Waals surface area contributed by atoms with Gasteiger partial charge in [0, 0.05) is 37.4 Å². The molecule has 2 N–H and O–H groups in total. The van der Waals surface area contributed by atoms with Gasteiger partial charge in [-0.15, -0.1) is 11.3 Å². The zero-order valence-electron chi connectivity index (χ0n) is 13.0. The maximum Gasteiger partial charge on any atom is 0.305 e. The van der Waals surface area contributed by atoms with Crippen LogP contribution >= 0.6 is 11.3 Å². The van der Waals surface area contributed by atoms with Crippen LogP contribution in [0.3, 0.4) is 0 Å². The van der Waals surface area contributed by atoms with Gasteiger partial charge in [-0.25, -0.2) is 0 Å². The Bertz CT molecular complexity index is 432. The van der Waals surface area contributed by atoms with Crippen LogP contribution < -0.4 is 10.6 Å². The number of thiophene rings is 1. The molecule has 0 aromatic carbocycles. The molecular formula is C15H25N3O2S. The lowest BCUT2D eigenvalue weighted by Crippen LogP contribution is -2.39. The average Bonchev–Trinajstić information content (AvgIpc) is 3.03. The van der Waals surface area contributed by atoms with Crippen LogP contribution in [-0.4, -0.2) is 39.2 Å². The number of aliphatic imine (C=N–C) groups is 1. The van der Waals surface area contributed by atoms with Gasteiger partial charge in [-0.05, 0) is 24.3 Å². The number of nitrogens with one attached hydrogen (secondary N) is 2. The van der Waals surface area contributed by atoms with Crippen molar-refractivity contribution >= 4 is 23.3 Å². The van der Waals surface area contributed by atoms with Gasteiger partial charge in [-0.1, -0.05) is 13.0 Å². The molecule has 1 atom stereocenters. The number of unbranched alkanes of at least 4 members (excludes halogenated alkanes) is 1. The van der Waals surface area contributed by atoms with E-state index in [-0.39, 0.29) is 5.97 Å². The molecule has 5 nitrogen and oxygen atoms in total. The van der Waals surface area contributed by atoms with E-state index in [1.54, 1.807) is 18.4 Å². The number of carbonyl (C=O) groups excluding carboxylic acids is 1. The summed E-state index contributed by atoms with van der Waals surface area (Å²) in [6, 6.07) is 4.23. The van der Waals surface area contributed by atoms with E-state index in [1.807, 2.05) is 0 Å². The number of hydrogen-bond donors (Lipinski definition) is 2. The first kappa shape index (κ1) is 17.5. The number of rotatable bonds is 8. The summed E-state index contributed by atoms with van der Waals surface area (Å²) in [7, 11) is 3.18. The summed E-state index contributed by atoms with van der Waals surface area (Å²) in [6.07, 6.45) is 2.21. The topological polar surface area (TPSA) is 62.7 Å². The quantitative estimate of drug-likeness (QED) is 0.335. The standard InChI is InChI=1S/C15H25N3O2S/c1-12(13-7-6-10-21-13)11-18-15(16-2)17-9-5-4-8-14(19)20-3/h6-7,10,12H,4-5,8-9,11H2,1-3H3,(H2,16,17,18). The molecule has 0 amide bonds. The van der Waals surface area contributed by atoms with E-state index in [2.05, 4.69) is 44.8 Å². The Morgan fingerprint density at radius 3 is 2.86 bits per heavy atom. The van der Waals surface area contributed by atoms with Crippen LogP contribution in [0.2, 0.25) is 0 Å². The highest BCUT2D eigenvalue weighted by Crippen LogP contribution is 2.19. The van der Waals surface area contributed by atoms with Crippen LogP contribution in [0.1, 0.15) is 37.0 Å². The highest BCUT2D eigenvalue weighted by molar-refractivity contribution is 7.10. The first-order valence-electron chi connectivity index (χ1n) is 7.22. The SMILES string of the molecule is CN=C(NCCCCC(=O)OC)NCC(C)c1cccs1. The largest absolute Gasteiger partial charge is 0.469 e. The number of hydrogen-bond acceptors (Lipinski definition) is 4. The van der Waals surface area contributed by atoms with Gasteiger partial charge in [0.05, 0.1) is 7.11 Å². The van der Waals surface area contributed by atoms with Crippen LogP contribution in [0.5, 0.6) is 0 Å². The van der Waals surface area contributed by atoms with Gasteiger partial charge in [-0.2, -0.15) is 0 Å². The molecule has 1 aromatic rings. The van der Waals surface area contributed by atoms with Crippen molar-refractivity contribution in [1.82, 2.24) is 10.6 Å². The van der Waals surface area contributed by atoms with Crippen molar-refractivity contribution < 1.29 is 9.53 Å². The highest BCUT2D eigenvalue weighted by atomic mass is 32.1. The third kappa shape index (κ3) is 7.13. The van der Waals surface area contributed by atoms with Gasteiger partial charge in [0.25, 0.3) is 0 Å². The number of nitrogens with zero attached hydrogens (tertiary/aromatic N) is 1. The second kappa shape index (κ2) is 10.2. The molecule has 0 aliphatic carbocycles. The Kier molecular flexibility index (Phi) is 8.50. The lowest BCUT2D eigenvalue weighted by molar-refractivity contribution is -0.140. The molecule has 0 aliphatic rings. The minimum Gasteiger partial charge on any atom is -0.469 e. The molecular weight excluding hydrogens is 286 g/mol. The second-order valence-corrected chi connectivity index (χ2v) is 5.81. The Morgan fingerprint density at radius 1 is 1.43 bits per heavy atom. The fourth-order valence-electron chi connectivity index (χ4n) is 1.85. The zero-order valence-corrected chi connectivity index (χ0v) is 13.8. The number of carbonyl (C=O) groups is 1. The van der Waals surface area contributed by atoms with Gasteiger partial charge < -0.3 is 15.4 Å². The molecule has 0 saturated carbocycles. The Morgan fingerprint density at radius 2 is 2.24 bits per heavy atom. The zero-order chi connectivity index (χ0) is 15.5. The third-order valence-corrected chi connectivity index (χ3v) is 4.26. The smallest absolute Gasteiger partial charge is 0.305 e. The second-order valence-electron chi connectivity index (χ2n) is 4.83. The molecule has 118 valence electrons. The van der Waals surface area contributed by atoms with Crippen molar-refractivity contribution in [2.45, 2.75) is 32.1 Å². The molecule has 1 unspecified atom stereocenters. The van der Waals surface area contributed by atoms with Gasteiger partial charge >= 0.3 is 5.97 Å². The van der Waals surface area contributed by atoms with Gasteiger partial charge in [0.1, 0.15) is 0 Å². The minimum atomic E-state index is -0.151. The fourth-order valence-corrected chi connectivity index (χ4v) is 2.63. The molecule has 1 heterocycles. The van der Waals surface area contributed by atoms with E-state index in [9.17, 15) is 4.79 Å². The van der Waals surface area contributed by atoms with Crippen LogP contribution in [0, 0.1) is 0 Å². The minimum absolute atomic E-state index is 0.151. The van der Waals surface area contributed by atoms with E-state index < -0.39 is 0 Å². The number of ether oxygens (including phenoxy) is 1. The maximum absolute atomic E-state index is 11.0. The van der Waals surface area contributed by atoms with Crippen molar-refractivity contribution in [2.75, 3.05) is 27.2 Å². The summed E-state index contributed by atoms with van der Waals surface area (Å²) in [6.45, 7) is 3.84. The summed E-state index contributed by atoms with van der Waals surface area (Å²) in [5, 5.41) is 8.67. The Balaban J connectivity index is 2.16. The van der Waals surface area contributed by atoms with E-state index in [4.69, 9.17) is 0 Å². The van der Waals surface area contributed by atoms with Crippen molar-refractivity contribution in [3.8, 4) is 0 Å². The lowest BCUT2D eigenvalue weighted by atomic mass is 10.1. The Labute approximate surface area is 130 Å². The first-order chi connectivity index (χ1) is 10.2. The summed E-state index contributed by atoms with van der Waals surface area (Å²) < 4.78 is 4.60. The molecule has 0 aliphatic heterocycles. The van der Waals surface area contributed by atoms with Crippen molar-refractivity contribution in [3.05, 3.63) is 22.4 Å². The molecule has 0 radical (unpaired) electrons. The molecule has 21 heavy (non-hydrogen) atoms. The normalized spacial score (nSPS) is 12.8. The number of methoxy groups -OCH3 is 1. The third-order valence-electron chi connectivity index (χ3n) is 3.16.